The first kappa shape index (κ1) is 10.7. The van der Waals surface area contributed by atoms with E-state index in [9.17, 15) is 4.79 Å². The van der Waals surface area contributed by atoms with Crippen molar-refractivity contribution in [2.45, 2.75) is 13.5 Å². The largest absolute Gasteiger partial charge is 0.352 e. The summed E-state index contributed by atoms with van der Waals surface area (Å²) in [5.41, 5.74) is 0.523. The molecule has 16 heavy (non-hydrogen) atoms. The number of aliphatic imine (C=N–C) groups is 1. The third-order valence-corrected chi connectivity index (χ3v) is 2.50. The Morgan fingerprint density at radius 2 is 2.44 bits per heavy atom. The maximum absolute atomic E-state index is 11.5. The molecule has 0 saturated carbocycles. The van der Waals surface area contributed by atoms with Crippen molar-refractivity contribution in [1.29, 1.82) is 0 Å². The number of hydrogen-bond donors (Lipinski definition) is 2. The fourth-order valence-corrected chi connectivity index (χ4v) is 1.53. The van der Waals surface area contributed by atoms with Gasteiger partial charge in [0.25, 0.3) is 5.56 Å². The summed E-state index contributed by atoms with van der Waals surface area (Å²) in [4.78, 5) is 24.6. The lowest BCUT2D eigenvalue weighted by Crippen LogP contribution is -2.36. The van der Waals surface area contributed by atoms with Crippen LogP contribution >= 0.6 is 0 Å². The van der Waals surface area contributed by atoms with Crippen LogP contribution in [0.1, 0.15) is 11.4 Å². The normalized spacial score (nSPS) is 15.1. The third kappa shape index (κ3) is 2.21. The number of rotatable bonds is 2. The van der Waals surface area contributed by atoms with Crippen LogP contribution in [0.15, 0.2) is 16.0 Å². The van der Waals surface area contributed by atoms with E-state index in [0.29, 0.717) is 17.9 Å². The summed E-state index contributed by atoms with van der Waals surface area (Å²) in [6.07, 6.45) is 1.59. The SMILES string of the molecule is Cc1ncc(CNC2=NCCN2C)c(=O)[nH]1. The third-order valence-electron chi connectivity index (χ3n) is 2.50. The summed E-state index contributed by atoms with van der Waals surface area (Å²) in [6.45, 7) is 3.94. The average molecular weight is 221 g/mol. The highest BCUT2D eigenvalue weighted by atomic mass is 16.1. The van der Waals surface area contributed by atoms with Crippen molar-refractivity contribution in [3.63, 3.8) is 0 Å². The molecule has 0 saturated heterocycles. The molecule has 0 aromatic carbocycles. The van der Waals surface area contributed by atoms with Crippen molar-refractivity contribution in [2.24, 2.45) is 4.99 Å². The average Bonchev–Trinajstić information content (AvgIpc) is 2.63. The molecule has 2 rings (SSSR count). The Hall–Kier alpha value is -1.85. The van der Waals surface area contributed by atoms with Crippen LogP contribution in [0.5, 0.6) is 0 Å². The number of nitrogens with zero attached hydrogens (tertiary/aromatic N) is 3. The number of nitrogens with one attached hydrogen (secondary N) is 2. The number of aromatic nitrogens is 2. The maximum Gasteiger partial charge on any atom is 0.255 e. The fourth-order valence-electron chi connectivity index (χ4n) is 1.53. The number of guanidine groups is 1. The highest BCUT2D eigenvalue weighted by Gasteiger charge is 2.12. The van der Waals surface area contributed by atoms with Crippen molar-refractivity contribution in [2.75, 3.05) is 20.1 Å². The Morgan fingerprint density at radius 3 is 3.06 bits per heavy atom. The van der Waals surface area contributed by atoms with Gasteiger partial charge in [0.15, 0.2) is 5.96 Å². The van der Waals surface area contributed by atoms with Gasteiger partial charge in [0.2, 0.25) is 0 Å². The highest BCUT2D eigenvalue weighted by molar-refractivity contribution is 5.81. The van der Waals surface area contributed by atoms with E-state index in [-0.39, 0.29) is 5.56 Å². The molecule has 1 aromatic heterocycles. The van der Waals surface area contributed by atoms with Crippen LogP contribution in [0.3, 0.4) is 0 Å². The second kappa shape index (κ2) is 4.34. The minimum Gasteiger partial charge on any atom is -0.352 e. The van der Waals surface area contributed by atoms with Crippen LogP contribution in [-0.4, -0.2) is 41.0 Å². The standard InChI is InChI=1S/C10H15N5O/c1-7-12-5-8(9(16)14-7)6-13-10-11-3-4-15(10)2/h5H,3-4,6H2,1-2H3,(H,11,13)(H,12,14,16). The summed E-state index contributed by atoms with van der Waals surface area (Å²) < 4.78 is 0. The first-order valence-corrected chi connectivity index (χ1v) is 5.21. The molecule has 6 nitrogen and oxygen atoms in total. The molecule has 0 unspecified atom stereocenters. The van der Waals surface area contributed by atoms with Crippen molar-refractivity contribution >= 4 is 5.96 Å². The van der Waals surface area contributed by atoms with Gasteiger partial charge in [0, 0.05) is 26.3 Å². The Balaban J connectivity index is 2.02. The van der Waals surface area contributed by atoms with E-state index in [0.717, 1.165) is 19.0 Å². The minimum absolute atomic E-state index is 0.0961. The Labute approximate surface area is 93.4 Å². The van der Waals surface area contributed by atoms with Crippen LogP contribution < -0.4 is 10.9 Å². The zero-order valence-electron chi connectivity index (χ0n) is 9.45. The number of aromatic amines is 1. The fraction of sp³-hybridized carbons (Fsp3) is 0.500. The molecule has 0 radical (unpaired) electrons. The zero-order valence-corrected chi connectivity index (χ0v) is 9.45. The molecule has 1 aliphatic rings. The van der Waals surface area contributed by atoms with E-state index >= 15 is 0 Å². The van der Waals surface area contributed by atoms with Gasteiger partial charge in [0.05, 0.1) is 12.1 Å². The molecule has 0 aliphatic carbocycles. The lowest BCUT2D eigenvalue weighted by atomic mass is 10.3. The van der Waals surface area contributed by atoms with E-state index in [1.165, 1.54) is 0 Å². The van der Waals surface area contributed by atoms with E-state index in [1.54, 1.807) is 13.1 Å². The first-order valence-electron chi connectivity index (χ1n) is 5.21. The van der Waals surface area contributed by atoms with Crippen LogP contribution in [0.25, 0.3) is 0 Å². The molecule has 1 aromatic rings. The Morgan fingerprint density at radius 1 is 1.62 bits per heavy atom. The predicted molar refractivity (Wildman–Crippen MR) is 61.4 cm³/mol. The van der Waals surface area contributed by atoms with Crippen molar-refractivity contribution in [1.82, 2.24) is 20.2 Å². The molecule has 6 heteroatoms. The van der Waals surface area contributed by atoms with E-state index in [2.05, 4.69) is 20.3 Å². The zero-order chi connectivity index (χ0) is 11.5. The summed E-state index contributed by atoms with van der Waals surface area (Å²) in [5.74, 6) is 1.46. The summed E-state index contributed by atoms with van der Waals surface area (Å²) in [7, 11) is 1.97. The molecule has 1 aliphatic heterocycles. The Kier molecular flexibility index (Phi) is 2.89. The van der Waals surface area contributed by atoms with Crippen LogP contribution in [0.4, 0.5) is 0 Å². The molecule has 0 bridgehead atoms. The number of likely N-dealkylation sites (N-methyl/N-ethyl adjacent to an activating group) is 1. The summed E-state index contributed by atoms with van der Waals surface area (Å²) >= 11 is 0. The van der Waals surface area contributed by atoms with Crippen molar-refractivity contribution in [3.8, 4) is 0 Å². The number of hydrogen-bond acceptors (Lipinski definition) is 5. The smallest absolute Gasteiger partial charge is 0.255 e. The molecule has 0 spiro atoms. The van der Waals surface area contributed by atoms with Gasteiger partial charge in [-0.05, 0) is 6.92 Å². The topological polar surface area (TPSA) is 73.4 Å². The molecule has 0 fully saturated rings. The second-order valence-electron chi connectivity index (χ2n) is 3.80. The lowest BCUT2D eigenvalue weighted by Gasteiger charge is -2.14. The van der Waals surface area contributed by atoms with Gasteiger partial charge in [-0.25, -0.2) is 4.98 Å². The maximum atomic E-state index is 11.5. The van der Waals surface area contributed by atoms with Gasteiger partial charge in [-0.15, -0.1) is 0 Å². The monoisotopic (exact) mass is 221 g/mol. The first-order chi connectivity index (χ1) is 7.66. The number of H-pyrrole nitrogens is 1. The van der Waals surface area contributed by atoms with Crippen molar-refractivity contribution < 1.29 is 0 Å². The summed E-state index contributed by atoms with van der Waals surface area (Å²) in [5, 5.41) is 3.12. The number of aryl methyl sites for hydroxylation is 1. The predicted octanol–water partition coefficient (Wildman–Crippen LogP) is -0.531. The highest BCUT2D eigenvalue weighted by Crippen LogP contribution is 1.96. The van der Waals surface area contributed by atoms with Crippen LogP contribution in [0.2, 0.25) is 0 Å². The van der Waals surface area contributed by atoms with Crippen LogP contribution in [-0.2, 0) is 6.54 Å². The molecule has 2 N–H and O–H groups in total. The molecule has 2 heterocycles. The van der Waals surface area contributed by atoms with Gasteiger partial charge >= 0.3 is 0 Å². The molecule has 86 valence electrons. The molecule has 0 amide bonds. The minimum atomic E-state index is -0.0961. The van der Waals surface area contributed by atoms with Gasteiger partial charge in [0.1, 0.15) is 5.82 Å². The van der Waals surface area contributed by atoms with Gasteiger partial charge < -0.3 is 15.2 Å². The van der Waals surface area contributed by atoms with Gasteiger partial charge in [-0.3, -0.25) is 9.79 Å². The van der Waals surface area contributed by atoms with E-state index in [4.69, 9.17) is 0 Å². The van der Waals surface area contributed by atoms with E-state index < -0.39 is 0 Å². The van der Waals surface area contributed by atoms with Crippen LogP contribution in [0, 0.1) is 6.92 Å². The van der Waals surface area contributed by atoms with E-state index in [1.807, 2.05) is 11.9 Å². The lowest BCUT2D eigenvalue weighted by molar-refractivity contribution is 0.533. The van der Waals surface area contributed by atoms with Gasteiger partial charge in [-0.1, -0.05) is 0 Å². The molecule has 0 atom stereocenters. The van der Waals surface area contributed by atoms with Gasteiger partial charge in [-0.2, -0.15) is 0 Å². The quantitative estimate of drug-likeness (QED) is 0.704. The summed E-state index contributed by atoms with van der Waals surface area (Å²) in [6, 6.07) is 0. The van der Waals surface area contributed by atoms with Crippen molar-refractivity contribution in [3.05, 3.63) is 27.9 Å². The molecular weight excluding hydrogens is 206 g/mol. The second-order valence-corrected chi connectivity index (χ2v) is 3.80. The Bertz CT molecular complexity index is 465. The molecular formula is C10H15N5O.